The van der Waals surface area contributed by atoms with E-state index in [0.717, 1.165) is 24.8 Å². The third-order valence-electron chi connectivity index (χ3n) is 10.6. The molecule has 3 aliphatic carbocycles. The fourth-order valence-electron chi connectivity index (χ4n) is 8.02. The number of ketones is 1. The molecular formula is C29H39BFO7. The van der Waals surface area contributed by atoms with E-state index < -0.39 is 41.4 Å². The van der Waals surface area contributed by atoms with Gasteiger partial charge in [-0.1, -0.05) is 39.8 Å². The molecule has 2 bridgehead atoms. The lowest BCUT2D eigenvalue weighted by Crippen LogP contribution is -2.63. The number of carbonyl (C=O) groups excluding carboxylic acids is 2. The molecular weight excluding hydrogens is 490 g/mol. The summed E-state index contributed by atoms with van der Waals surface area (Å²) < 4.78 is 31.7. The van der Waals surface area contributed by atoms with Crippen molar-refractivity contribution in [2.45, 2.75) is 78.6 Å². The molecule has 207 valence electrons. The lowest BCUT2D eigenvalue weighted by molar-refractivity contribution is -0.207. The number of fused-ring (bicyclic) bond motifs is 1. The largest absolute Gasteiger partial charge is 0.479 e. The summed E-state index contributed by atoms with van der Waals surface area (Å²) >= 11 is 0. The maximum absolute atomic E-state index is 14.8. The zero-order valence-electron chi connectivity index (χ0n) is 22.7. The Morgan fingerprint density at radius 3 is 2.76 bits per heavy atom. The average Bonchev–Trinajstić information content (AvgIpc) is 3.50. The van der Waals surface area contributed by atoms with Crippen molar-refractivity contribution in [3.05, 3.63) is 36.2 Å². The van der Waals surface area contributed by atoms with E-state index >= 15 is 0 Å². The molecule has 5 rings (SSSR count). The Bertz CT molecular complexity index is 1130. The fourth-order valence-corrected chi connectivity index (χ4v) is 8.02. The Labute approximate surface area is 224 Å². The van der Waals surface area contributed by atoms with E-state index in [-0.39, 0.29) is 40.2 Å². The molecule has 1 radical (unpaired) electrons. The van der Waals surface area contributed by atoms with Crippen molar-refractivity contribution < 1.29 is 38.7 Å². The van der Waals surface area contributed by atoms with Crippen LogP contribution in [0.2, 0.25) is 0 Å². The Hall–Kier alpha value is -2.23. The summed E-state index contributed by atoms with van der Waals surface area (Å²) in [5.41, 5.74) is -0.603. The molecule has 7 nitrogen and oxygen atoms in total. The number of halogens is 1. The molecule has 8 atom stereocenters. The van der Waals surface area contributed by atoms with Crippen LogP contribution in [-0.2, 0) is 25.6 Å². The molecule has 0 amide bonds. The van der Waals surface area contributed by atoms with Crippen LogP contribution in [0.25, 0.3) is 0 Å². The molecule has 1 aliphatic heterocycles. The molecule has 1 aromatic carbocycles. The second-order valence-electron chi connectivity index (χ2n) is 12.2. The molecule has 1 heterocycles. The number of aliphatic hydroxyl groups is 1. The second kappa shape index (κ2) is 10.1. The van der Waals surface area contributed by atoms with Gasteiger partial charge in [-0.05, 0) is 60.0 Å². The molecule has 0 spiro atoms. The summed E-state index contributed by atoms with van der Waals surface area (Å²) in [4.78, 5) is 26.6. The second-order valence-corrected chi connectivity index (χ2v) is 12.2. The number of aliphatic hydroxyl groups excluding tert-OH is 1. The van der Waals surface area contributed by atoms with Gasteiger partial charge in [-0.2, -0.15) is 0 Å². The first-order chi connectivity index (χ1) is 17.5. The highest BCUT2D eigenvalue weighted by Crippen LogP contribution is 2.68. The summed E-state index contributed by atoms with van der Waals surface area (Å²) in [6, 6.07) is 3.20. The number of esters is 1. The van der Waals surface area contributed by atoms with Gasteiger partial charge in [-0.25, -0.2) is 9.18 Å². The lowest BCUT2D eigenvalue weighted by Gasteiger charge is -2.61. The van der Waals surface area contributed by atoms with Gasteiger partial charge in [-0.3, -0.25) is 4.79 Å². The van der Waals surface area contributed by atoms with E-state index in [4.69, 9.17) is 14.1 Å². The maximum atomic E-state index is 14.8. The molecule has 3 N–H and O–H groups in total. The molecule has 3 saturated carbocycles. The van der Waals surface area contributed by atoms with Crippen molar-refractivity contribution in [3.8, 4) is 5.75 Å². The van der Waals surface area contributed by atoms with Crippen molar-refractivity contribution in [2.75, 3.05) is 6.61 Å². The van der Waals surface area contributed by atoms with E-state index in [0.29, 0.717) is 24.9 Å². The maximum Gasteiger partial charge on any atom is 0.344 e. The molecule has 0 aromatic heterocycles. The topological polar surface area (TPSA) is 114 Å². The average molecular weight is 529 g/mol. The van der Waals surface area contributed by atoms with Gasteiger partial charge < -0.3 is 24.7 Å². The van der Waals surface area contributed by atoms with Gasteiger partial charge in [0.05, 0.1) is 12.7 Å². The summed E-state index contributed by atoms with van der Waals surface area (Å²) in [6.07, 6.45) is 3.73. The van der Waals surface area contributed by atoms with Crippen molar-refractivity contribution in [1.82, 2.24) is 0 Å². The Morgan fingerprint density at radius 1 is 1.32 bits per heavy atom. The first-order valence-corrected chi connectivity index (χ1v) is 13.4. The predicted molar refractivity (Wildman–Crippen MR) is 140 cm³/mol. The monoisotopic (exact) mass is 529 g/mol. The summed E-state index contributed by atoms with van der Waals surface area (Å²) in [6.45, 7) is 12.1. The molecule has 38 heavy (non-hydrogen) atoms. The lowest BCUT2D eigenvalue weighted by atomic mass is 9.44. The minimum atomic E-state index is -0.729. The van der Waals surface area contributed by atoms with E-state index in [9.17, 15) is 19.1 Å². The highest BCUT2D eigenvalue weighted by molar-refractivity contribution is 6.49. The van der Waals surface area contributed by atoms with Crippen LogP contribution in [0.15, 0.2) is 24.8 Å². The number of hydrogen-bond donors (Lipinski definition) is 1. The van der Waals surface area contributed by atoms with Gasteiger partial charge in [0.1, 0.15) is 11.9 Å². The van der Waals surface area contributed by atoms with Crippen molar-refractivity contribution in [2.24, 2.45) is 34.0 Å². The summed E-state index contributed by atoms with van der Waals surface area (Å²) in [5.74, 6) is -1.31. The number of Topliss-reactive ketones (excluding diaryl/α,β-unsaturated/α-hetero) is 1. The van der Waals surface area contributed by atoms with Gasteiger partial charge in [-0.15, -0.1) is 6.58 Å². The third kappa shape index (κ3) is 4.13. The smallest absolute Gasteiger partial charge is 0.344 e. The summed E-state index contributed by atoms with van der Waals surface area (Å²) in [5, 5.41) is 11.6. The van der Waals surface area contributed by atoms with E-state index in [2.05, 4.69) is 27.4 Å². The molecule has 3 fully saturated rings. The first-order valence-electron chi connectivity index (χ1n) is 13.4. The molecule has 9 heteroatoms. The Kier molecular flexibility index (Phi) is 7.62. The van der Waals surface area contributed by atoms with Gasteiger partial charge >= 0.3 is 13.5 Å². The van der Waals surface area contributed by atoms with Crippen molar-refractivity contribution in [1.29, 1.82) is 0 Å². The van der Waals surface area contributed by atoms with Gasteiger partial charge in [0, 0.05) is 23.2 Å². The van der Waals surface area contributed by atoms with Crippen LogP contribution in [0, 0.1) is 39.8 Å². The highest BCUT2D eigenvalue weighted by atomic mass is 19.1. The number of benzene rings is 1. The zero-order valence-corrected chi connectivity index (χ0v) is 22.7. The third-order valence-corrected chi connectivity index (χ3v) is 10.6. The highest BCUT2D eigenvalue weighted by Gasteiger charge is 2.68. The number of ether oxygens (including phenoxy) is 2. The standard InChI is InChI=1S/C29H37BFO6.H2O/c1-6-27(4)13-21(37-22(33)15-35-20-8-7-18-14-36-30-23(18)24(20)31)28(5)16(2)9-11-29(17(3)26(27)34)12-10-19(32)25(28)29;/h6-8,16-17,21,25-26,34H,1,9-15H2,2-5H3;1H2/t16-,17+,21-,25+,26+,27-,28+,29+;/m1./s1. The van der Waals surface area contributed by atoms with Gasteiger partial charge in [0.25, 0.3) is 0 Å². The van der Waals surface area contributed by atoms with Crippen molar-refractivity contribution >= 4 is 24.7 Å². The van der Waals surface area contributed by atoms with Gasteiger partial charge in [0.2, 0.25) is 0 Å². The Balaban J connectivity index is 0.00000336. The molecule has 1 aromatic rings. The zero-order chi connectivity index (χ0) is 26.8. The normalized spacial score (nSPS) is 39.5. The van der Waals surface area contributed by atoms with Crippen LogP contribution in [-0.4, -0.2) is 48.6 Å². The fraction of sp³-hybridized carbons (Fsp3) is 0.655. The minimum Gasteiger partial charge on any atom is -0.479 e. The molecule has 0 unspecified atom stereocenters. The number of carbonyl (C=O) groups is 2. The number of hydrogen-bond acceptors (Lipinski definition) is 6. The van der Waals surface area contributed by atoms with Gasteiger partial charge in [0.15, 0.2) is 18.2 Å². The Morgan fingerprint density at radius 2 is 2.05 bits per heavy atom. The van der Waals surface area contributed by atoms with Crippen LogP contribution >= 0.6 is 0 Å². The molecule has 4 aliphatic rings. The first kappa shape index (κ1) is 28.8. The minimum absolute atomic E-state index is 0. The SMILES string of the molecule is C=C[C@]1(C)C[C@@H](OC(=O)COc2ccc3c(c2F)[B]OC3)[C@]2(C)[C@H](C)CC[C@]3(CCC(=O)[C@H]32)[C@@H](C)[C@@H]1O.O. The van der Waals surface area contributed by atoms with E-state index in [1.807, 2.05) is 6.92 Å². The molecule has 0 saturated heterocycles. The summed E-state index contributed by atoms with van der Waals surface area (Å²) in [7, 11) is 1.35. The van der Waals surface area contributed by atoms with Crippen LogP contribution in [0.4, 0.5) is 4.39 Å². The quantitative estimate of drug-likeness (QED) is 0.357. The van der Waals surface area contributed by atoms with Crippen LogP contribution in [0.1, 0.15) is 65.4 Å². The van der Waals surface area contributed by atoms with Crippen LogP contribution in [0.5, 0.6) is 5.75 Å². The van der Waals surface area contributed by atoms with Crippen LogP contribution < -0.4 is 10.2 Å². The van der Waals surface area contributed by atoms with Crippen molar-refractivity contribution in [3.63, 3.8) is 0 Å². The van der Waals surface area contributed by atoms with E-state index in [1.54, 1.807) is 12.1 Å². The van der Waals surface area contributed by atoms with E-state index in [1.165, 1.54) is 13.5 Å². The number of rotatable bonds is 5. The predicted octanol–water partition coefficient (Wildman–Crippen LogP) is 3.06. The van der Waals surface area contributed by atoms with Crippen LogP contribution in [0.3, 0.4) is 0 Å².